The number of hydrogen-bond donors (Lipinski definition) is 8. The molecule has 0 radical (unpaired) electrons. The van der Waals surface area contributed by atoms with Gasteiger partial charge in [0.15, 0.2) is 20.4 Å². The summed E-state index contributed by atoms with van der Waals surface area (Å²) in [6.07, 6.45) is 31.5. The second-order valence-corrected chi connectivity index (χ2v) is 37.2. The lowest BCUT2D eigenvalue weighted by Crippen LogP contribution is -2.39. The highest BCUT2D eigenvalue weighted by Gasteiger charge is 2.21. The second-order valence-electron chi connectivity index (χ2n) is 31.0. The topological polar surface area (TPSA) is 316 Å². The molecule has 0 saturated heterocycles. The van der Waals surface area contributed by atoms with E-state index in [4.69, 9.17) is 86.8 Å². The van der Waals surface area contributed by atoms with Crippen molar-refractivity contribution >= 4 is 164 Å². The first kappa shape index (κ1) is 118. The van der Waals surface area contributed by atoms with Crippen molar-refractivity contribution in [2.75, 3.05) is 211 Å². The molecule has 0 aliphatic rings. The quantitative estimate of drug-likeness (QED) is 0.0121. The highest BCUT2D eigenvalue weighted by molar-refractivity contribution is 8.00. The molecule has 0 fully saturated rings. The van der Waals surface area contributed by atoms with Crippen LogP contribution in [0.1, 0.15) is 248 Å². The van der Waals surface area contributed by atoms with Crippen LogP contribution in [-0.4, -0.2) is 294 Å². The highest BCUT2D eigenvalue weighted by Crippen LogP contribution is 2.19. The van der Waals surface area contributed by atoms with E-state index >= 15 is 0 Å². The van der Waals surface area contributed by atoms with Crippen LogP contribution in [0.15, 0.2) is 0 Å². The number of ether oxygens (including phenoxy) is 8. The van der Waals surface area contributed by atoms with Crippen LogP contribution < -0.4 is 42.5 Å². The van der Waals surface area contributed by atoms with Gasteiger partial charge in [-0.15, -0.1) is 0 Å². The van der Waals surface area contributed by atoms with Crippen molar-refractivity contribution in [3.8, 4) is 0 Å². The predicted octanol–water partition coefficient (Wildman–Crippen LogP) is 13.0. The number of nitrogens with zero attached hydrogens (tertiary/aromatic N) is 3. The van der Waals surface area contributed by atoms with Gasteiger partial charge in [-0.1, -0.05) is 184 Å². The summed E-state index contributed by atoms with van der Waals surface area (Å²) in [6, 6.07) is 0. The van der Waals surface area contributed by atoms with Crippen LogP contribution in [0.25, 0.3) is 0 Å². The molecule has 0 saturated carbocycles. The van der Waals surface area contributed by atoms with Gasteiger partial charge in [0.05, 0.1) is 102 Å². The third kappa shape index (κ3) is 78.1. The van der Waals surface area contributed by atoms with Gasteiger partial charge in [0.1, 0.15) is 52.9 Å². The Morgan fingerprint density at radius 3 is 0.656 bits per heavy atom. The zero-order valence-corrected chi connectivity index (χ0v) is 82.8. The van der Waals surface area contributed by atoms with Gasteiger partial charge in [-0.25, -0.2) is 0 Å². The first-order chi connectivity index (χ1) is 59.0. The molecule has 27 nitrogen and oxygen atoms in total. The molecule has 0 heterocycles. The molecule has 0 amide bonds. The van der Waals surface area contributed by atoms with Gasteiger partial charge in [0, 0.05) is 49.2 Å². The van der Waals surface area contributed by atoms with Gasteiger partial charge < -0.3 is 95.1 Å². The van der Waals surface area contributed by atoms with Crippen molar-refractivity contribution in [2.24, 2.45) is 23.7 Å². The minimum Gasteiger partial charge on any atom is -0.464 e. The fourth-order valence-corrected chi connectivity index (χ4v) is 16.9. The van der Waals surface area contributed by atoms with E-state index in [2.05, 4.69) is 75.1 Å². The number of esters is 8. The molecule has 0 aromatic rings. The molecular weight excluding hydrogens is 1710 g/mol. The van der Waals surface area contributed by atoms with Crippen LogP contribution in [-0.2, 0) is 76.3 Å². The molecule has 35 heteroatoms. The van der Waals surface area contributed by atoms with Crippen molar-refractivity contribution in [1.82, 2.24) is 57.2 Å². The molecule has 0 rings (SSSR count). The van der Waals surface area contributed by atoms with Crippen LogP contribution in [0.2, 0.25) is 0 Å². The first-order valence-corrected chi connectivity index (χ1v) is 52.1. The van der Waals surface area contributed by atoms with Gasteiger partial charge in [0.25, 0.3) is 0 Å². The Hall–Kier alpha value is -4.20. The second kappa shape index (κ2) is 86.2. The highest BCUT2D eigenvalue weighted by atomic mass is 32.2. The fraction of sp³-hybridized carbons (Fsp3) is 0.862. The lowest BCUT2D eigenvalue weighted by Gasteiger charge is -2.25. The van der Waals surface area contributed by atoms with Gasteiger partial charge in [-0.05, 0) is 144 Å². The normalized spacial score (nSPS) is 12.2. The largest absolute Gasteiger partial charge is 0.464 e. The lowest BCUT2D eigenvalue weighted by molar-refractivity contribution is -0.147. The molecular formula is C87H163N11O16S8. The fourth-order valence-electron chi connectivity index (χ4n) is 11.8. The van der Waals surface area contributed by atoms with E-state index < -0.39 is 23.9 Å². The summed E-state index contributed by atoms with van der Waals surface area (Å²) in [5, 5.41) is 25.6. The van der Waals surface area contributed by atoms with E-state index in [0.717, 1.165) is 71.7 Å². The minimum atomic E-state index is -0.414. The lowest BCUT2D eigenvalue weighted by atomic mass is 10.1. The van der Waals surface area contributed by atoms with E-state index in [1.807, 2.05) is 44.5 Å². The Balaban J connectivity index is 5.62. The van der Waals surface area contributed by atoms with Gasteiger partial charge in [-0.2, -0.15) is 47.0 Å². The number of thioether (sulfide) groups is 4. The van der Waals surface area contributed by atoms with Crippen molar-refractivity contribution in [3.63, 3.8) is 0 Å². The molecule has 710 valence electrons. The van der Waals surface area contributed by atoms with Crippen LogP contribution in [0, 0.1) is 23.7 Å². The number of unbranched alkanes of at least 4 members (excludes halogenated alkanes) is 20. The van der Waals surface area contributed by atoms with E-state index in [1.165, 1.54) is 128 Å². The minimum absolute atomic E-state index is 0.0621. The predicted molar refractivity (Wildman–Crippen MR) is 520 cm³/mol. The van der Waals surface area contributed by atoms with E-state index in [-0.39, 0.29) is 152 Å². The number of rotatable bonds is 84. The van der Waals surface area contributed by atoms with Gasteiger partial charge >= 0.3 is 47.8 Å². The average molecular weight is 1880 g/mol. The summed E-state index contributed by atoms with van der Waals surface area (Å²) < 4.78 is 44.2. The maximum absolute atomic E-state index is 13.2. The molecule has 0 aliphatic heterocycles. The average Bonchev–Trinajstić information content (AvgIpc) is 0.986. The SMILES string of the molecule is CCCCCCCCSCC(C)C(=O)OCCNC(=S)NCCOC(=O)CCN(CCCN(C)CCCN(CCC(=O)OCCNC(=S)NCCOC(=O)C(C)CSCCCCCCCC)CCC(=O)OCCNC(=S)NCCOC(=O)C(C)CSCCCCCCCC)CCC(=O)OCCNC(=S)NCCOC(=O)C(C)CSCCCCCCCC. The first-order valence-electron chi connectivity index (χ1n) is 45.8. The molecule has 122 heavy (non-hydrogen) atoms. The van der Waals surface area contributed by atoms with Gasteiger partial charge in [0.2, 0.25) is 0 Å². The Morgan fingerprint density at radius 2 is 0.451 bits per heavy atom. The Kier molecular flexibility index (Phi) is 83.2. The number of hydrogen-bond acceptors (Lipinski definition) is 27. The molecule has 0 aromatic carbocycles. The molecule has 4 unspecified atom stereocenters. The zero-order chi connectivity index (χ0) is 90.0. The van der Waals surface area contributed by atoms with Crippen molar-refractivity contribution in [1.29, 1.82) is 0 Å². The number of carbonyl (C=O) groups is 8. The molecule has 4 atom stereocenters. The molecule has 0 aromatic heterocycles. The summed E-state index contributed by atoms with van der Waals surface area (Å²) in [4.78, 5) is 109. The summed E-state index contributed by atoms with van der Waals surface area (Å²) in [6.45, 7) is 23.5. The molecule has 0 aliphatic carbocycles. The molecule has 0 spiro atoms. The summed E-state index contributed by atoms with van der Waals surface area (Å²) >= 11 is 28.8. The standard InChI is InChI=1S/C87H163N11O16S8/c1-10-14-18-22-26-30-64-119-68-72(5)80(103)111-60-44-92-84(115)88-40-56-107-76(99)36-52-97(53-37-77(100)108-57-41-89-85(116)93-45-61-112-81(104)73(6)69-120-65-31-27-23-19-15-11-2)50-34-48-96(9)49-35-51-98(54-38-78(101)109-58-42-90-86(117)94-46-62-113-82(105)74(7)70-121-66-32-28-24-20-16-12-3)55-39-79(102)110-59-43-91-87(118)95-47-63-114-83(106)75(8)71-122-67-33-29-25-21-17-13-4/h72-75H,10-71H2,1-9H3,(H2,88,92,115)(H2,89,93,116)(H2,90,94,117)(H2,91,95,118). The molecule has 0 bridgehead atoms. The Morgan fingerprint density at radius 1 is 0.262 bits per heavy atom. The third-order valence-corrected chi connectivity index (χ3v) is 25.7. The summed E-state index contributed by atoms with van der Waals surface area (Å²) in [7, 11) is 2.01. The van der Waals surface area contributed by atoms with E-state index in [0.29, 0.717) is 112 Å². The van der Waals surface area contributed by atoms with Gasteiger partial charge in [-0.3, -0.25) is 38.4 Å². The zero-order valence-electron chi connectivity index (χ0n) is 76.3. The van der Waals surface area contributed by atoms with Crippen molar-refractivity contribution in [2.45, 2.75) is 248 Å². The van der Waals surface area contributed by atoms with Crippen molar-refractivity contribution in [3.05, 3.63) is 0 Å². The smallest absolute Gasteiger partial charge is 0.309 e. The maximum atomic E-state index is 13.2. The van der Waals surface area contributed by atoms with E-state index in [1.54, 1.807) is 47.0 Å². The summed E-state index contributed by atoms with van der Waals surface area (Å²) in [5.74, 6) is 3.66. The van der Waals surface area contributed by atoms with Crippen molar-refractivity contribution < 1.29 is 76.3 Å². The van der Waals surface area contributed by atoms with Crippen LogP contribution in [0.3, 0.4) is 0 Å². The maximum Gasteiger partial charge on any atom is 0.309 e. The Labute approximate surface area is 774 Å². The molecule has 8 N–H and O–H groups in total. The van der Waals surface area contributed by atoms with Crippen LogP contribution in [0.4, 0.5) is 0 Å². The Bertz CT molecular complexity index is 2380. The number of carbonyl (C=O) groups excluding carboxylic acids is 8. The van der Waals surface area contributed by atoms with Crippen LogP contribution >= 0.6 is 95.9 Å². The summed E-state index contributed by atoms with van der Waals surface area (Å²) in [5.41, 5.74) is 0. The number of thiocarbonyl (C=S) groups is 4. The third-order valence-electron chi connectivity index (χ3n) is 19.3. The van der Waals surface area contributed by atoms with E-state index in [9.17, 15) is 38.4 Å². The monoisotopic (exact) mass is 1870 g/mol. The van der Waals surface area contributed by atoms with Crippen LogP contribution in [0.5, 0.6) is 0 Å². The number of nitrogens with one attached hydrogen (secondary N) is 8.